The molecular formula is C14H30N2. The lowest BCUT2D eigenvalue weighted by Crippen LogP contribution is -2.57. The molecule has 2 heteroatoms. The summed E-state index contributed by atoms with van der Waals surface area (Å²) in [4.78, 5) is 2.67. The van der Waals surface area contributed by atoms with E-state index in [-0.39, 0.29) is 0 Å². The van der Waals surface area contributed by atoms with E-state index in [1.807, 2.05) is 0 Å². The molecule has 0 heterocycles. The van der Waals surface area contributed by atoms with Crippen LogP contribution in [0.4, 0.5) is 0 Å². The molecule has 0 bridgehead atoms. The molecular weight excluding hydrogens is 196 g/mol. The summed E-state index contributed by atoms with van der Waals surface area (Å²) in [6, 6.07) is 0. The molecule has 16 heavy (non-hydrogen) atoms. The van der Waals surface area contributed by atoms with Crippen LogP contribution in [0.15, 0.2) is 0 Å². The quantitative estimate of drug-likeness (QED) is 0.754. The van der Waals surface area contributed by atoms with E-state index < -0.39 is 0 Å². The maximum atomic E-state index is 6.15. The Bertz CT molecular complexity index is 203. The molecule has 1 saturated carbocycles. The minimum Gasteiger partial charge on any atom is -0.329 e. The van der Waals surface area contributed by atoms with E-state index in [0.717, 1.165) is 24.9 Å². The smallest absolute Gasteiger partial charge is 0.0359 e. The van der Waals surface area contributed by atoms with Crippen LogP contribution < -0.4 is 5.73 Å². The number of hydrogen-bond donors (Lipinski definition) is 1. The Kier molecular flexibility index (Phi) is 5.26. The summed E-state index contributed by atoms with van der Waals surface area (Å²) in [5.74, 6) is 1.55. The highest BCUT2D eigenvalue weighted by Gasteiger charge is 2.44. The van der Waals surface area contributed by atoms with E-state index in [1.165, 1.54) is 32.2 Å². The summed E-state index contributed by atoms with van der Waals surface area (Å²) in [5.41, 5.74) is 6.46. The standard InChI is InChI=1S/C14H30N2/c1-5-13-8-7-9-14(13,11-15)16(6-2)10-12(3)4/h12-13H,5-11,15H2,1-4H3. The summed E-state index contributed by atoms with van der Waals surface area (Å²) in [6.07, 6.45) is 5.33. The van der Waals surface area contributed by atoms with Gasteiger partial charge in [-0.3, -0.25) is 4.90 Å². The molecule has 1 aliphatic carbocycles. The van der Waals surface area contributed by atoms with Gasteiger partial charge >= 0.3 is 0 Å². The number of nitrogens with two attached hydrogens (primary N) is 1. The molecule has 0 saturated heterocycles. The molecule has 1 rings (SSSR count). The number of likely N-dealkylation sites (N-methyl/N-ethyl adjacent to an activating group) is 1. The van der Waals surface area contributed by atoms with E-state index in [9.17, 15) is 0 Å². The van der Waals surface area contributed by atoms with E-state index in [4.69, 9.17) is 5.73 Å². The third-order valence-electron chi connectivity index (χ3n) is 4.37. The molecule has 2 nitrogen and oxygen atoms in total. The molecule has 0 aromatic rings. The number of nitrogens with zero attached hydrogens (tertiary/aromatic N) is 1. The Labute approximate surface area is 102 Å². The Morgan fingerprint density at radius 1 is 1.38 bits per heavy atom. The van der Waals surface area contributed by atoms with Crippen molar-refractivity contribution in [2.24, 2.45) is 17.6 Å². The van der Waals surface area contributed by atoms with Crippen molar-refractivity contribution in [2.75, 3.05) is 19.6 Å². The number of hydrogen-bond acceptors (Lipinski definition) is 2. The molecule has 96 valence electrons. The highest BCUT2D eigenvalue weighted by molar-refractivity contribution is 5.01. The molecule has 2 N–H and O–H groups in total. The van der Waals surface area contributed by atoms with Gasteiger partial charge in [0.05, 0.1) is 0 Å². The van der Waals surface area contributed by atoms with Crippen LogP contribution in [0.1, 0.15) is 53.4 Å². The van der Waals surface area contributed by atoms with Crippen molar-refractivity contribution in [2.45, 2.75) is 58.9 Å². The van der Waals surface area contributed by atoms with Gasteiger partial charge in [-0.2, -0.15) is 0 Å². The predicted molar refractivity (Wildman–Crippen MR) is 71.5 cm³/mol. The highest BCUT2D eigenvalue weighted by Crippen LogP contribution is 2.41. The fourth-order valence-electron chi connectivity index (χ4n) is 3.59. The Balaban J connectivity index is 2.83. The molecule has 0 aliphatic heterocycles. The van der Waals surface area contributed by atoms with Gasteiger partial charge in [0.2, 0.25) is 0 Å². The van der Waals surface area contributed by atoms with Gasteiger partial charge < -0.3 is 5.73 Å². The zero-order valence-electron chi connectivity index (χ0n) is 11.6. The molecule has 1 aliphatic rings. The molecule has 0 aromatic carbocycles. The van der Waals surface area contributed by atoms with Crippen LogP contribution in [0.2, 0.25) is 0 Å². The first-order chi connectivity index (χ1) is 7.60. The molecule has 2 unspecified atom stereocenters. The number of rotatable bonds is 6. The fraction of sp³-hybridized carbons (Fsp3) is 1.00. The van der Waals surface area contributed by atoms with Gasteiger partial charge in [-0.1, -0.05) is 40.5 Å². The SMILES string of the molecule is CCC1CCCC1(CN)N(CC)CC(C)C. The highest BCUT2D eigenvalue weighted by atomic mass is 15.2. The van der Waals surface area contributed by atoms with E-state index in [2.05, 4.69) is 32.6 Å². The first-order valence-electron chi connectivity index (χ1n) is 7.05. The van der Waals surface area contributed by atoms with Crippen LogP contribution >= 0.6 is 0 Å². The molecule has 0 radical (unpaired) electrons. The van der Waals surface area contributed by atoms with Crippen LogP contribution in [-0.2, 0) is 0 Å². The van der Waals surface area contributed by atoms with Crippen molar-refractivity contribution in [1.29, 1.82) is 0 Å². The molecule has 0 amide bonds. The predicted octanol–water partition coefficient (Wildman–Crippen LogP) is 2.87. The summed E-state index contributed by atoms with van der Waals surface area (Å²) >= 11 is 0. The normalized spacial score (nSPS) is 30.6. The lowest BCUT2D eigenvalue weighted by molar-refractivity contribution is 0.0499. The Morgan fingerprint density at radius 3 is 2.50 bits per heavy atom. The van der Waals surface area contributed by atoms with Crippen molar-refractivity contribution < 1.29 is 0 Å². The topological polar surface area (TPSA) is 29.3 Å². The molecule has 0 aromatic heterocycles. The van der Waals surface area contributed by atoms with E-state index in [0.29, 0.717) is 5.54 Å². The minimum atomic E-state index is 0.313. The average molecular weight is 226 g/mol. The largest absolute Gasteiger partial charge is 0.329 e. The van der Waals surface area contributed by atoms with Crippen LogP contribution in [0.5, 0.6) is 0 Å². The van der Waals surface area contributed by atoms with Gasteiger partial charge in [0.15, 0.2) is 0 Å². The van der Waals surface area contributed by atoms with Crippen molar-refractivity contribution in [3.63, 3.8) is 0 Å². The maximum Gasteiger partial charge on any atom is 0.0359 e. The summed E-state index contributed by atoms with van der Waals surface area (Å²) in [7, 11) is 0. The summed E-state index contributed by atoms with van der Waals surface area (Å²) in [5, 5.41) is 0. The lowest BCUT2D eigenvalue weighted by Gasteiger charge is -2.45. The first-order valence-corrected chi connectivity index (χ1v) is 7.05. The van der Waals surface area contributed by atoms with E-state index >= 15 is 0 Å². The molecule has 1 fully saturated rings. The van der Waals surface area contributed by atoms with Crippen molar-refractivity contribution in [3.05, 3.63) is 0 Å². The lowest BCUT2D eigenvalue weighted by atomic mass is 9.82. The van der Waals surface area contributed by atoms with Crippen LogP contribution in [0.3, 0.4) is 0 Å². The monoisotopic (exact) mass is 226 g/mol. The summed E-state index contributed by atoms with van der Waals surface area (Å²) < 4.78 is 0. The zero-order chi connectivity index (χ0) is 12.2. The van der Waals surface area contributed by atoms with Crippen molar-refractivity contribution in [3.8, 4) is 0 Å². The first kappa shape index (κ1) is 14.0. The van der Waals surface area contributed by atoms with Gasteiger partial charge in [0.25, 0.3) is 0 Å². The molecule has 0 spiro atoms. The average Bonchev–Trinajstić information content (AvgIpc) is 2.69. The third-order valence-corrected chi connectivity index (χ3v) is 4.37. The second-order valence-corrected chi connectivity index (χ2v) is 5.74. The fourth-order valence-corrected chi connectivity index (χ4v) is 3.59. The van der Waals surface area contributed by atoms with Gasteiger partial charge in [0.1, 0.15) is 0 Å². The summed E-state index contributed by atoms with van der Waals surface area (Å²) in [6.45, 7) is 12.4. The van der Waals surface area contributed by atoms with Gasteiger partial charge in [0, 0.05) is 18.6 Å². The maximum absolute atomic E-state index is 6.15. The van der Waals surface area contributed by atoms with E-state index in [1.54, 1.807) is 0 Å². The van der Waals surface area contributed by atoms with Crippen LogP contribution in [-0.4, -0.2) is 30.1 Å². The second-order valence-electron chi connectivity index (χ2n) is 5.74. The third kappa shape index (κ3) is 2.60. The van der Waals surface area contributed by atoms with Gasteiger partial charge in [-0.25, -0.2) is 0 Å². The molecule has 2 atom stereocenters. The van der Waals surface area contributed by atoms with Crippen molar-refractivity contribution in [1.82, 2.24) is 4.90 Å². The Morgan fingerprint density at radius 2 is 2.06 bits per heavy atom. The second kappa shape index (κ2) is 6.02. The zero-order valence-corrected chi connectivity index (χ0v) is 11.6. The Hall–Kier alpha value is -0.0800. The minimum absolute atomic E-state index is 0.313. The van der Waals surface area contributed by atoms with Crippen LogP contribution in [0.25, 0.3) is 0 Å². The van der Waals surface area contributed by atoms with Crippen molar-refractivity contribution >= 4 is 0 Å². The van der Waals surface area contributed by atoms with Gasteiger partial charge in [-0.15, -0.1) is 0 Å². The van der Waals surface area contributed by atoms with Crippen LogP contribution in [0, 0.1) is 11.8 Å². The van der Waals surface area contributed by atoms with Gasteiger partial charge in [-0.05, 0) is 31.2 Å².